The van der Waals surface area contributed by atoms with Crippen molar-refractivity contribution in [1.29, 1.82) is 0 Å². The molecule has 0 aromatic heterocycles. The minimum atomic E-state index is -4.69. The molecule has 0 spiro atoms. The van der Waals surface area contributed by atoms with Crippen LogP contribution in [0.15, 0.2) is 60.7 Å². The standard InChI is InChI=1S/C18H14F5NO2/c19-17(20)26-14-9-5-4-6-12(14)10-11-15(25)24-16(18(21,22)23)13-7-2-1-3-8-13/h1-11,16-17H,(H,24,25)/b11-10-. The van der Waals surface area contributed by atoms with Crippen molar-refractivity contribution in [2.45, 2.75) is 18.8 Å². The quantitative estimate of drug-likeness (QED) is 0.589. The van der Waals surface area contributed by atoms with E-state index < -0.39 is 24.7 Å². The summed E-state index contributed by atoms with van der Waals surface area (Å²) >= 11 is 0. The molecule has 2 aromatic carbocycles. The third kappa shape index (κ3) is 5.58. The highest BCUT2D eigenvalue weighted by atomic mass is 19.4. The van der Waals surface area contributed by atoms with Crippen LogP contribution >= 0.6 is 0 Å². The van der Waals surface area contributed by atoms with Crippen molar-refractivity contribution >= 4 is 12.0 Å². The highest BCUT2D eigenvalue weighted by molar-refractivity contribution is 5.92. The van der Waals surface area contributed by atoms with Crippen LogP contribution in [0.3, 0.4) is 0 Å². The van der Waals surface area contributed by atoms with Gasteiger partial charge in [0, 0.05) is 11.6 Å². The van der Waals surface area contributed by atoms with Crippen LogP contribution in [0.5, 0.6) is 5.75 Å². The van der Waals surface area contributed by atoms with Gasteiger partial charge in [-0.25, -0.2) is 0 Å². The maximum atomic E-state index is 13.2. The molecular weight excluding hydrogens is 357 g/mol. The van der Waals surface area contributed by atoms with Gasteiger partial charge in [-0.2, -0.15) is 22.0 Å². The van der Waals surface area contributed by atoms with Gasteiger partial charge < -0.3 is 10.1 Å². The molecule has 8 heteroatoms. The van der Waals surface area contributed by atoms with Crippen LogP contribution in [-0.2, 0) is 4.79 Å². The van der Waals surface area contributed by atoms with Crippen molar-refractivity contribution < 1.29 is 31.5 Å². The normalized spacial score (nSPS) is 13.0. The number of carbonyl (C=O) groups is 1. The van der Waals surface area contributed by atoms with Gasteiger partial charge in [-0.15, -0.1) is 0 Å². The van der Waals surface area contributed by atoms with E-state index in [1.807, 2.05) is 5.32 Å². The second-order valence-electron chi connectivity index (χ2n) is 5.14. The fourth-order valence-electron chi connectivity index (χ4n) is 2.18. The number of ether oxygens (including phenoxy) is 1. The van der Waals surface area contributed by atoms with Crippen LogP contribution in [0.2, 0.25) is 0 Å². The van der Waals surface area contributed by atoms with Gasteiger partial charge in [-0.05, 0) is 17.7 Å². The zero-order valence-corrected chi connectivity index (χ0v) is 13.2. The molecule has 2 aromatic rings. The van der Waals surface area contributed by atoms with Gasteiger partial charge >= 0.3 is 12.8 Å². The van der Waals surface area contributed by atoms with E-state index in [0.29, 0.717) is 0 Å². The summed E-state index contributed by atoms with van der Waals surface area (Å²) in [5.41, 5.74) is 0.00871. The topological polar surface area (TPSA) is 38.3 Å². The first-order valence-electron chi connectivity index (χ1n) is 7.41. The molecule has 2 rings (SSSR count). The molecule has 0 saturated carbocycles. The van der Waals surface area contributed by atoms with E-state index in [1.165, 1.54) is 48.5 Å². The predicted octanol–water partition coefficient (Wildman–Crippen LogP) is 4.72. The van der Waals surface area contributed by atoms with Gasteiger partial charge in [0.05, 0.1) is 0 Å². The van der Waals surface area contributed by atoms with E-state index in [9.17, 15) is 26.7 Å². The number of hydrogen-bond acceptors (Lipinski definition) is 2. The molecule has 1 amide bonds. The Balaban J connectivity index is 2.15. The Hall–Kier alpha value is -2.90. The van der Waals surface area contributed by atoms with Gasteiger partial charge in [0.1, 0.15) is 5.75 Å². The highest BCUT2D eigenvalue weighted by Gasteiger charge is 2.41. The third-order valence-electron chi connectivity index (χ3n) is 3.30. The molecule has 0 fully saturated rings. The number of alkyl halides is 5. The summed E-state index contributed by atoms with van der Waals surface area (Å²) in [6.07, 6.45) is -2.76. The number of halogens is 5. The van der Waals surface area contributed by atoms with Crippen LogP contribution in [0, 0.1) is 0 Å². The van der Waals surface area contributed by atoms with Crippen LogP contribution in [0.25, 0.3) is 6.08 Å². The molecule has 3 nitrogen and oxygen atoms in total. The Morgan fingerprint density at radius 2 is 1.62 bits per heavy atom. The summed E-state index contributed by atoms with van der Waals surface area (Å²) in [7, 11) is 0. The average Bonchev–Trinajstić information content (AvgIpc) is 2.58. The van der Waals surface area contributed by atoms with E-state index >= 15 is 0 Å². The second-order valence-corrected chi connectivity index (χ2v) is 5.14. The van der Waals surface area contributed by atoms with Crippen LogP contribution in [0.1, 0.15) is 17.2 Å². The molecule has 138 valence electrons. The maximum absolute atomic E-state index is 13.2. The molecule has 1 N–H and O–H groups in total. The second kappa shape index (κ2) is 8.46. The van der Waals surface area contributed by atoms with Gasteiger partial charge in [-0.1, -0.05) is 48.5 Å². The molecule has 0 saturated heterocycles. The fourth-order valence-corrected chi connectivity index (χ4v) is 2.18. The van der Waals surface area contributed by atoms with Crippen molar-refractivity contribution in [2.24, 2.45) is 0 Å². The van der Waals surface area contributed by atoms with Gasteiger partial charge in [0.2, 0.25) is 5.91 Å². The zero-order chi connectivity index (χ0) is 19.2. The molecule has 0 aliphatic carbocycles. The van der Waals surface area contributed by atoms with Gasteiger partial charge in [0.25, 0.3) is 0 Å². The Bertz CT molecular complexity index is 760. The molecule has 0 aliphatic rings. The molecule has 1 unspecified atom stereocenters. The summed E-state index contributed by atoms with van der Waals surface area (Å²) in [5, 5.41) is 1.86. The summed E-state index contributed by atoms with van der Waals surface area (Å²) in [6.45, 7) is -3.06. The monoisotopic (exact) mass is 371 g/mol. The molecule has 0 bridgehead atoms. The average molecular weight is 371 g/mol. The fraction of sp³-hybridized carbons (Fsp3) is 0.167. The number of nitrogens with one attached hydrogen (secondary N) is 1. The van der Waals surface area contributed by atoms with Crippen LogP contribution < -0.4 is 10.1 Å². The lowest BCUT2D eigenvalue weighted by Crippen LogP contribution is -2.37. The number of para-hydroxylation sites is 1. The first-order valence-corrected chi connectivity index (χ1v) is 7.41. The molecule has 0 radical (unpaired) electrons. The van der Waals surface area contributed by atoms with Crippen LogP contribution in [-0.4, -0.2) is 18.7 Å². The Morgan fingerprint density at radius 3 is 2.23 bits per heavy atom. The van der Waals surface area contributed by atoms with Crippen molar-refractivity contribution in [3.05, 3.63) is 71.8 Å². The number of amides is 1. The predicted molar refractivity (Wildman–Crippen MR) is 85.5 cm³/mol. The summed E-state index contributed by atoms with van der Waals surface area (Å²) in [6, 6.07) is 10.3. The lowest BCUT2D eigenvalue weighted by atomic mass is 10.1. The first kappa shape index (κ1) is 19.4. The lowest BCUT2D eigenvalue weighted by Gasteiger charge is -2.21. The molecule has 1 atom stereocenters. The molecular formula is C18H14F5NO2. The Morgan fingerprint density at radius 1 is 1.00 bits per heavy atom. The van der Waals surface area contributed by atoms with E-state index in [0.717, 1.165) is 12.2 Å². The first-order chi connectivity index (χ1) is 12.3. The highest BCUT2D eigenvalue weighted by Crippen LogP contribution is 2.32. The largest absolute Gasteiger partial charge is 0.434 e. The van der Waals surface area contributed by atoms with E-state index in [2.05, 4.69) is 4.74 Å². The third-order valence-corrected chi connectivity index (χ3v) is 3.30. The van der Waals surface area contributed by atoms with Crippen molar-refractivity contribution in [2.75, 3.05) is 0 Å². The van der Waals surface area contributed by atoms with Crippen molar-refractivity contribution in [1.82, 2.24) is 5.32 Å². The Kier molecular flexibility index (Phi) is 6.32. The van der Waals surface area contributed by atoms with E-state index in [4.69, 9.17) is 0 Å². The lowest BCUT2D eigenvalue weighted by molar-refractivity contribution is -0.162. The van der Waals surface area contributed by atoms with E-state index in [-0.39, 0.29) is 16.9 Å². The number of carbonyl (C=O) groups excluding carboxylic acids is 1. The minimum Gasteiger partial charge on any atom is -0.434 e. The number of rotatable bonds is 6. The minimum absolute atomic E-state index is 0.122. The van der Waals surface area contributed by atoms with Crippen molar-refractivity contribution in [3.8, 4) is 5.75 Å². The van der Waals surface area contributed by atoms with Crippen molar-refractivity contribution in [3.63, 3.8) is 0 Å². The SMILES string of the molecule is O=C(/C=C\c1ccccc1OC(F)F)NC(c1ccccc1)C(F)(F)F. The summed E-state index contributed by atoms with van der Waals surface area (Å²) in [5.74, 6) is -1.22. The number of benzene rings is 2. The van der Waals surface area contributed by atoms with Gasteiger partial charge in [0.15, 0.2) is 6.04 Å². The van der Waals surface area contributed by atoms with Gasteiger partial charge in [-0.3, -0.25) is 4.79 Å². The molecule has 0 aliphatic heterocycles. The van der Waals surface area contributed by atoms with E-state index in [1.54, 1.807) is 6.07 Å². The summed E-state index contributed by atoms with van der Waals surface area (Å²) in [4.78, 5) is 11.9. The number of hydrogen-bond donors (Lipinski definition) is 1. The Labute approximate surface area is 146 Å². The zero-order valence-electron chi connectivity index (χ0n) is 13.2. The van der Waals surface area contributed by atoms with Crippen LogP contribution in [0.4, 0.5) is 22.0 Å². The molecule has 26 heavy (non-hydrogen) atoms. The smallest absolute Gasteiger partial charge is 0.412 e. The summed E-state index contributed by atoms with van der Waals surface area (Å²) < 4.78 is 68.5. The maximum Gasteiger partial charge on any atom is 0.412 e. The molecule has 0 heterocycles.